The van der Waals surface area contributed by atoms with E-state index in [1.165, 1.54) is 23.5 Å². The maximum absolute atomic E-state index is 13.1. The third-order valence-corrected chi connectivity index (χ3v) is 4.11. The summed E-state index contributed by atoms with van der Waals surface area (Å²) in [6, 6.07) is 9.50. The summed E-state index contributed by atoms with van der Waals surface area (Å²) in [5.74, 6) is -0.284. The monoisotopic (exact) mass is 322 g/mol. The highest BCUT2D eigenvalue weighted by molar-refractivity contribution is 7.10. The molecule has 0 saturated carbocycles. The number of hydrogen-bond acceptors (Lipinski definition) is 3. The standard InChI is InChI=1S/C16H19FN2O2S/c1-11(8-12-4-2-5-13(17)9-12)19-16(21)18-10-14(20)15-6-3-7-22-15/h2-7,9,11,14,20H,8,10H2,1H3,(H2,18,19,21)/t11-,14+/m1/s1. The van der Waals surface area contributed by atoms with E-state index < -0.39 is 6.10 Å². The van der Waals surface area contributed by atoms with Gasteiger partial charge in [0.25, 0.3) is 0 Å². The van der Waals surface area contributed by atoms with Crippen LogP contribution in [0.1, 0.15) is 23.5 Å². The Morgan fingerprint density at radius 3 is 2.86 bits per heavy atom. The van der Waals surface area contributed by atoms with Gasteiger partial charge in [0.15, 0.2) is 0 Å². The van der Waals surface area contributed by atoms with E-state index in [1.807, 2.05) is 30.5 Å². The van der Waals surface area contributed by atoms with Gasteiger partial charge in [-0.3, -0.25) is 0 Å². The Balaban J connectivity index is 1.74. The Kier molecular flexibility index (Phi) is 5.91. The summed E-state index contributed by atoms with van der Waals surface area (Å²) in [7, 11) is 0. The molecular weight excluding hydrogens is 303 g/mol. The molecule has 22 heavy (non-hydrogen) atoms. The smallest absolute Gasteiger partial charge is 0.315 e. The topological polar surface area (TPSA) is 61.4 Å². The normalized spacial score (nSPS) is 13.4. The number of nitrogens with one attached hydrogen (secondary N) is 2. The molecule has 1 aromatic carbocycles. The third kappa shape index (κ3) is 5.13. The first-order chi connectivity index (χ1) is 10.5. The van der Waals surface area contributed by atoms with Crippen LogP contribution in [0, 0.1) is 5.82 Å². The van der Waals surface area contributed by atoms with Crippen molar-refractivity contribution in [3.05, 3.63) is 58.0 Å². The Hall–Kier alpha value is -1.92. The number of carbonyl (C=O) groups excluding carboxylic acids is 1. The summed E-state index contributed by atoms with van der Waals surface area (Å²) >= 11 is 1.44. The van der Waals surface area contributed by atoms with Crippen molar-refractivity contribution in [1.82, 2.24) is 10.6 Å². The molecule has 118 valence electrons. The molecule has 0 bridgehead atoms. The van der Waals surface area contributed by atoms with Crippen molar-refractivity contribution in [3.8, 4) is 0 Å². The highest BCUT2D eigenvalue weighted by Crippen LogP contribution is 2.17. The van der Waals surface area contributed by atoms with Gasteiger partial charge in [-0.1, -0.05) is 18.2 Å². The van der Waals surface area contributed by atoms with Crippen LogP contribution in [0.25, 0.3) is 0 Å². The van der Waals surface area contributed by atoms with E-state index in [2.05, 4.69) is 10.6 Å². The number of urea groups is 1. The molecule has 6 heteroatoms. The third-order valence-electron chi connectivity index (χ3n) is 3.14. The average molecular weight is 322 g/mol. The predicted molar refractivity (Wildman–Crippen MR) is 85.4 cm³/mol. The Labute approximate surface area is 133 Å². The molecule has 0 spiro atoms. The number of carbonyl (C=O) groups is 1. The molecule has 0 unspecified atom stereocenters. The predicted octanol–water partition coefficient (Wildman–Crippen LogP) is 2.85. The molecule has 2 rings (SSSR count). The van der Waals surface area contributed by atoms with Crippen LogP contribution in [0.15, 0.2) is 41.8 Å². The minimum absolute atomic E-state index is 0.138. The molecule has 0 aliphatic heterocycles. The van der Waals surface area contributed by atoms with Gasteiger partial charge in [-0.25, -0.2) is 9.18 Å². The van der Waals surface area contributed by atoms with Crippen LogP contribution in [-0.4, -0.2) is 23.7 Å². The summed E-state index contributed by atoms with van der Waals surface area (Å²) in [6.07, 6.45) is -0.164. The summed E-state index contributed by atoms with van der Waals surface area (Å²) in [6.45, 7) is 2.00. The largest absolute Gasteiger partial charge is 0.386 e. The van der Waals surface area contributed by atoms with E-state index in [9.17, 15) is 14.3 Å². The van der Waals surface area contributed by atoms with Gasteiger partial charge in [-0.2, -0.15) is 0 Å². The molecule has 0 saturated heterocycles. The zero-order valence-corrected chi connectivity index (χ0v) is 13.1. The lowest BCUT2D eigenvalue weighted by Gasteiger charge is -2.16. The second-order valence-corrected chi connectivity index (χ2v) is 6.10. The molecular formula is C16H19FN2O2S. The molecule has 2 atom stereocenters. The first kappa shape index (κ1) is 16.5. The summed E-state index contributed by atoms with van der Waals surface area (Å²) in [5, 5.41) is 17.2. The quantitative estimate of drug-likeness (QED) is 0.766. The van der Waals surface area contributed by atoms with Crippen molar-refractivity contribution in [1.29, 1.82) is 0 Å². The van der Waals surface area contributed by atoms with Crippen LogP contribution in [0.2, 0.25) is 0 Å². The van der Waals surface area contributed by atoms with Gasteiger partial charge in [-0.15, -0.1) is 11.3 Å². The van der Waals surface area contributed by atoms with E-state index >= 15 is 0 Å². The molecule has 1 aromatic heterocycles. The fraction of sp³-hybridized carbons (Fsp3) is 0.312. The fourth-order valence-electron chi connectivity index (χ4n) is 2.11. The Morgan fingerprint density at radius 2 is 2.18 bits per heavy atom. The van der Waals surface area contributed by atoms with E-state index in [0.717, 1.165) is 10.4 Å². The molecule has 2 aromatic rings. The lowest BCUT2D eigenvalue weighted by atomic mass is 10.1. The number of rotatable bonds is 6. The summed E-state index contributed by atoms with van der Waals surface area (Å²) < 4.78 is 13.1. The van der Waals surface area contributed by atoms with Crippen LogP contribution in [0.4, 0.5) is 9.18 Å². The Morgan fingerprint density at radius 1 is 1.36 bits per heavy atom. The van der Waals surface area contributed by atoms with E-state index in [0.29, 0.717) is 6.42 Å². The highest BCUT2D eigenvalue weighted by Gasteiger charge is 2.12. The molecule has 0 aliphatic carbocycles. The van der Waals surface area contributed by atoms with Crippen molar-refractivity contribution in [2.75, 3.05) is 6.54 Å². The maximum atomic E-state index is 13.1. The molecule has 3 N–H and O–H groups in total. The first-order valence-electron chi connectivity index (χ1n) is 7.05. The summed E-state index contributed by atoms with van der Waals surface area (Å²) in [4.78, 5) is 12.6. The van der Waals surface area contributed by atoms with Crippen LogP contribution in [0.3, 0.4) is 0 Å². The van der Waals surface area contributed by atoms with E-state index in [-0.39, 0.29) is 24.4 Å². The van der Waals surface area contributed by atoms with Crippen LogP contribution >= 0.6 is 11.3 Å². The van der Waals surface area contributed by atoms with Crippen LogP contribution < -0.4 is 10.6 Å². The molecule has 4 nitrogen and oxygen atoms in total. The highest BCUT2D eigenvalue weighted by atomic mass is 32.1. The second-order valence-electron chi connectivity index (χ2n) is 5.12. The van der Waals surface area contributed by atoms with Crippen LogP contribution in [-0.2, 0) is 6.42 Å². The van der Waals surface area contributed by atoms with Gasteiger partial charge in [0.1, 0.15) is 11.9 Å². The number of aliphatic hydroxyl groups excluding tert-OH is 1. The van der Waals surface area contributed by atoms with Gasteiger partial charge >= 0.3 is 6.03 Å². The van der Waals surface area contributed by atoms with Crippen LogP contribution in [0.5, 0.6) is 0 Å². The van der Waals surface area contributed by atoms with E-state index in [1.54, 1.807) is 6.07 Å². The fourth-order valence-corrected chi connectivity index (χ4v) is 2.83. The lowest BCUT2D eigenvalue weighted by Crippen LogP contribution is -2.43. The van der Waals surface area contributed by atoms with Gasteiger partial charge in [0.05, 0.1) is 6.54 Å². The van der Waals surface area contributed by atoms with Crippen molar-refractivity contribution in [2.24, 2.45) is 0 Å². The van der Waals surface area contributed by atoms with Gasteiger partial charge in [0.2, 0.25) is 0 Å². The van der Waals surface area contributed by atoms with Gasteiger partial charge < -0.3 is 15.7 Å². The minimum Gasteiger partial charge on any atom is -0.386 e. The van der Waals surface area contributed by atoms with Gasteiger partial charge in [-0.05, 0) is 42.5 Å². The zero-order valence-electron chi connectivity index (χ0n) is 12.3. The SMILES string of the molecule is C[C@H](Cc1cccc(F)c1)NC(=O)NC[C@H](O)c1cccs1. The second kappa shape index (κ2) is 7.91. The average Bonchev–Trinajstić information content (AvgIpc) is 2.98. The first-order valence-corrected chi connectivity index (χ1v) is 7.93. The number of hydrogen-bond donors (Lipinski definition) is 3. The lowest BCUT2D eigenvalue weighted by molar-refractivity contribution is 0.176. The number of benzene rings is 1. The number of thiophene rings is 1. The molecule has 0 radical (unpaired) electrons. The van der Waals surface area contributed by atoms with Crippen molar-refractivity contribution >= 4 is 17.4 Å². The summed E-state index contributed by atoms with van der Waals surface area (Å²) in [5.41, 5.74) is 0.825. The molecule has 0 fully saturated rings. The number of aliphatic hydroxyl groups is 1. The van der Waals surface area contributed by atoms with Crippen molar-refractivity contribution < 1.29 is 14.3 Å². The van der Waals surface area contributed by atoms with E-state index in [4.69, 9.17) is 0 Å². The zero-order chi connectivity index (χ0) is 15.9. The number of halogens is 1. The Bertz CT molecular complexity index is 604. The molecule has 2 amide bonds. The maximum Gasteiger partial charge on any atom is 0.315 e. The van der Waals surface area contributed by atoms with Gasteiger partial charge in [0, 0.05) is 10.9 Å². The number of amides is 2. The molecule has 1 heterocycles. The van der Waals surface area contributed by atoms with Crippen molar-refractivity contribution in [2.45, 2.75) is 25.5 Å². The minimum atomic E-state index is -0.704. The molecule has 0 aliphatic rings. The van der Waals surface area contributed by atoms with Crippen molar-refractivity contribution in [3.63, 3.8) is 0 Å².